The Balaban J connectivity index is 1.64. The molecule has 0 saturated heterocycles. The molecule has 1 aromatic carbocycles. The Hall–Kier alpha value is -3.49. The molecular formula is C17H16FN5O3. The van der Waals surface area contributed by atoms with Gasteiger partial charge in [0.25, 0.3) is 5.91 Å². The van der Waals surface area contributed by atoms with Gasteiger partial charge in [-0.15, -0.1) is 0 Å². The van der Waals surface area contributed by atoms with Gasteiger partial charge in [0.15, 0.2) is 5.82 Å². The molecule has 2 N–H and O–H groups in total. The van der Waals surface area contributed by atoms with E-state index in [-0.39, 0.29) is 11.4 Å². The van der Waals surface area contributed by atoms with Crippen LogP contribution in [0, 0.1) is 5.82 Å². The van der Waals surface area contributed by atoms with Crippen LogP contribution >= 0.6 is 0 Å². The zero-order chi connectivity index (χ0) is 18.7. The minimum atomic E-state index is -1.04. The molecular weight excluding hydrogens is 341 g/mol. The number of anilines is 1. The summed E-state index contributed by atoms with van der Waals surface area (Å²) >= 11 is 0. The van der Waals surface area contributed by atoms with Gasteiger partial charge in [-0.2, -0.15) is 10.2 Å². The molecule has 0 aliphatic rings. The molecule has 9 heteroatoms. The van der Waals surface area contributed by atoms with Gasteiger partial charge in [-0.25, -0.2) is 9.18 Å². The Labute approximate surface area is 147 Å². The van der Waals surface area contributed by atoms with Gasteiger partial charge in [-0.1, -0.05) is 12.1 Å². The summed E-state index contributed by atoms with van der Waals surface area (Å²) in [5.74, 6) is -1.45. The maximum absolute atomic E-state index is 12.9. The van der Waals surface area contributed by atoms with E-state index in [2.05, 4.69) is 15.5 Å². The van der Waals surface area contributed by atoms with Gasteiger partial charge in [0.2, 0.25) is 0 Å². The fourth-order valence-electron chi connectivity index (χ4n) is 2.26. The molecule has 2 heterocycles. The number of rotatable bonds is 6. The van der Waals surface area contributed by atoms with Gasteiger partial charge in [0.05, 0.1) is 18.3 Å². The molecule has 0 radical (unpaired) electrons. The first-order chi connectivity index (χ1) is 12.4. The van der Waals surface area contributed by atoms with E-state index in [9.17, 15) is 14.0 Å². The van der Waals surface area contributed by atoms with Crippen molar-refractivity contribution in [2.75, 3.05) is 5.32 Å². The van der Waals surface area contributed by atoms with Crippen molar-refractivity contribution in [3.8, 4) is 0 Å². The predicted molar refractivity (Wildman–Crippen MR) is 90.3 cm³/mol. The molecule has 1 amide bonds. The molecule has 0 aliphatic heterocycles. The van der Waals surface area contributed by atoms with Crippen LogP contribution in [0.5, 0.6) is 0 Å². The van der Waals surface area contributed by atoms with Gasteiger partial charge in [-0.05, 0) is 24.6 Å². The fourth-order valence-corrected chi connectivity index (χ4v) is 2.26. The van der Waals surface area contributed by atoms with Crippen molar-refractivity contribution >= 4 is 17.7 Å². The normalized spacial score (nSPS) is 11.9. The maximum atomic E-state index is 12.9. The summed E-state index contributed by atoms with van der Waals surface area (Å²) in [7, 11) is 0. The molecule has 0 spiro atoms. The molecule has 3 rings (SSSR count). The van der Waals surface area contributed by atoms with Gasteiger partial charge in [-0.3, -0.25) is 14.2 Å². The van der Waals surface area contributed by atoms with E-state index in [1.165, 1.54) is 36.1 Å². The average molecular weight is 357 g/mol. The second-order valence-corrected chi connectivity index (χ2v) is 5.70. The number of nitrogens with one attached hydrogen (secondary N) is 1. The van der Waals surface area contributed by atoms with Crippen LogP contribution in [-0.2, 0) is 11.3 Å². The average Bonchev–Trinajstić information content (AvgIpc) is 3.26. The third-order valence-corrected chi connectivity index (χ3v) is 3.76. The third kappa shape index (κ3) is 3.94. The van der Waals surface area contributed by atoms with E-state index in [1.54, 1.807) is 29.1 Å². The quantitative estimate of drug-likeness (QED) is 0.704. The van der Waals surface area contributed by atoms with Crippen LogP contribution in [0.15, 0.2) is 48.9 Å². The highest BCUT2D eigenvalue weighted by atomic mass is 19.1. The molecule has 3 aromatic rings. The molecule has 2 aromatic heterocycles. The van der Waals surface area contributed by atoms with Gasteiger partial charge in [0.1, 0.15) is 11.9 Å². The molecule has 0 bridgehead atoms. The smallest absolute Gasteiger partial charge is 0.328 e. The Kier molecular flexibility index (Phi) is 4.78. The third-order valence-electron chi connectivity index (χ3n) is 3.76. The number of halogens is 1. The lowest BCUT2D eigenvalue weighted by Gasteiger charge is -2.05. The number of hydrogen-bond donors (Lipinski definition) is 2. The molecule has 0 aliphatic carbocycles. The van der Waals surface area contributed by atoms with E-state index in [4.69, 9.17) is 5.11 Å². The van der Waals surface area contributed by atoms with Gasteiger partial charge >= 0.3 is 5.97 Å². The lowest BCUT2D eigenvalue weighted by Crippen LogP contribution is -2.16. The van der Waals surface area contributed by atoms with Crippen molar-refractivity contribution in [2.45, 2.75) is 19.5 Å². The zero-order valence-electron chi connectivity index (χ0n) is 13.8. The number of carbonyl (C=O) groups is 2. The van der Waals surface area contributed by atoms with E-state index in [1.807, 2.05) is 0 Å². The highest BCUT2D eigenvalue weighted by Crippen LogP contribution is 2.11. The minimum absolute atomic E-state index is 0.228. The van der Waals surface area contributed by atoms with Crippen LogP contribution in [-0.4, -0.2) is 36.5 Å². The Morgan fingerprint density at radius 1 is 1.27 bits per heavy atom. The number of hydrogen-bond acceptors (Lipinski definition) is 4. The topological polar surface area (TPSA) is 102 Å². The van der Waals surface area contributed by atoms with Crippen LogP contribution in [0.4, 0.5) is 10.2 Å². The van der Waals surface area contributed by atoms with Gasteiger partial charge in [0, 0.05) is 18.5 Å². The number of amides is 1. The van der Waals surface area contributed by atoms with Crippen LogP contribution in [0.2, 0.25) is 0 Å². The van der Waals surface area contributed by atoms with Crippen molar-refractivity contribution < 1.29 is 19.1 Å². The Morgan fingerprint density at radius 3 is 2.69 bits per heavy atom. The maximum Gasteiger partial charge on any atom is 0.328 e. The molecule has 0 fully saturated rings. The van der Waals surface area contributed by atoms with E-state index in [0.29, 0.717) is 12.4 Å². The second-order valence-electron chi connectivity index (χ2n) is 5.70. The first-order valence-electron chi connectivity index (χ1n) is 7.78. The predicted octanol–water partition coefficient (Wildman–Crippen LogP) is 2.16. The molecule has 26 heavy (non-hydrogen) atoms. The van der Waals surface area contributed by atoms with E-state index in [0.717, 1.165) is 5.56 Å². The van der Waals surface area contributed by atoms with Crippen LogP contribution in [0.1, 0.15) is 28.9 Å². The van der Waals surface area contributed by atoms with Crippen molar-refractivity contribution in [1.29, 1.82) is 0 Å². The molecule has 1 unspecified atom stereocenters. The summed E-state index contributed by atoms with van der Waals surface area (Å²) in [4.78, 5) is 23.2. The SMILES string of the molecule is CC(C(=O)O)n1cc(C(=O)Nc2ccn(Cc3ccc(F)cc3)n2)cn1. The zero-order valence-corrected chi connectivity index (χ0v) is 13.8. The summed E-state index contributed by atoms with van der Waals surface area (Å²) in [5.41, 5.74) is 1.10. The Bertz CT molecular complexity index is 932. The van der Waals surface area contributed by atoms with Gasteiger partial charge < -0.3 is 10.4 Å². The van der Waals surface area contributed by atoms with Crippen LogP contribution < -0.4 is 5.32 Å². The van der Waals surface area contributed by atoms with E-state index < -0.39 is 17.9 Å². The number of aromatic nitrogens is 4. The summed E-state index contributed by atoms with van der Waals surface area (Å²) < 4.78 is 15.7. The monoisotopic (exact) mass is 357 g/mol. The summed E-state index contributed by atoms with van der Waals surface area (Å²) in [6.45, 7) is 1.90. The standard InChI is InChI=1S/C17H16FN5O3/c1-11(17(25)26)23-10-13(8-19-23)16(24)20-15-6-7-22(21-15)9-12-2-4-14(18)5-3-12/h2-8,10-11H,9H2,1H3,(H,25,26)(H,20,21,24). The van der Waals surface area contributed by atoms with Crippen molar-refractivity contribution in [3.63, 3.8) is 0 Å². The molecule has 1 atom stereocenters. The van der Waals surface area contributed by atoms with E-state index >= 15 is 0 Å². The van der Waals surface area contributed by atoms with Crippen LogP contribution in [0.3, 0.4) is 0 Å². The fraction of sp³-hybridized carbons (Fsp3) is 0.176. The molecule has 8 nitrogen and oxygen atoms in total. The Morgan fingerprint density at radius 2 is 2.00 bits per heavy atom. The minimum Gasteiger partial charge on any atom is -0.480 e. The molecule has 0 saturated carbocycles. The largest absolute Gasteiger partial charge is 0.480 e. The highest BCUT2D eigenvalue weighted by Gasteiger charge is 2.17. The number of nitrogens with zero attached hydrogens (tertiary/aromatic N) is 4. The second kappa shape index (κ2) is 7.18. The number of carbonyl (C=O) groups excluding carboxylic acids is 1. The summed E-state index contributed by atoms with van der Waals surface area (Å²) in [6.07, 6.45) is 4.35. The highest BCUT2D eigenvalue weighted by molar-refractivity contribution is 6.03. The number of carboxylic acids is 1. The summed E-state index contributed by atoms with van der Waals surface area (Å²) in [6, 6.07) is 6.83. The first-order valence-corrected chi connectivity index (χ1v) is 7.78. The van der Waals surface area contributed by atoms with Crippen molar-refractivity contribution in [3.05, 3.63) is 65.9 Å². The number of aliphatic carboxylic acids is 1. The first kappa shape index (κ1) is 17.3. The van der Waals surface area contributed by atoms with Crippen LogP contribution in [0.25, 0.3) is 0 Å². The lowest BCUT2D eigenvalue weighted by atomic mass is 10.2. The lowest BCUT2D eigenvalue weighted by molar-refractivity contribution is -0.140. The summed E-state index contributed by atoms with van der Waals surface area (Å²) in [5, 5.41) is 19.7. The van der Waals surface area contributed by atoms with Crippen molar-refractivity contribution in [1.82, 2.24) is 19.6 Å². The molecule has 134 valence electrons. The number of carboxylic acid groups (broad SMARTS) is 1. The van der Waals surface area contributed by atoms with Crippen molar-refractivity contribution in [2.24, 2.45) is 0 Å². The number of benzene rings is 1.